The Morgan fingerprint density at radius 1 is 1.04 bits per heavy atom. The van der Waals surface area contributed by atoms with Gasteiger partial charge in [0.25, 0.3) is 10.0 Å². The van der Waals surface area contributed by atoms with E-state index >= 15 is 0 Å². The highest BCUT2D eigenvalue weighted by Gasteiger charge is 2.21. The second-order valence-electron chi connectivity index (χ2n) is 6.59. The van der Waals surface area contributed by atoms with Crippen LogP contribution in [0, 0.1) is 0 Å². The molecule has 0 radical (unpaired) electrons. The Balaban J connectivity index is 1.82. The van der Waals surface area contributed by atoms with Crippen molar-refractivity contribution in [1.29, 1.82) is 0 Å². The fourth-order valence-electron chi connectivity index (χ4n) is 3.02. The van der Waals surface area contributed by atoms with Gasteiger partial charge in [0, 0.05) is 38.3 Å². The molecule has 0 amide bonds. The Kier molecular flexibility index (Phi) is 6.10. The quantitative estimate of drug-likeness (QED) is 0.449. The van der Waals surface area contributed by atoms with E-state index in [1.165, 1.54) is 12.1 Å². The molecule has 0 aliphatic carbocycles. The van der Waals surface area contributed by atoms with Crippen molar-refractivity contribution < 1.29 is 13.6 Å². The SMILES string of the molecule is CN1CCN(CC(=NO)c2ccccc2NS(=O)(=O)c2ccccc2)CC1. The number of anilines is 1. The van der Waals surface area contributed by atoms with E-state index in [0.29, 0.717) is 23.5 Å². The van der Waals surface area contributed by atoms with Crippen LogP contribution in [-0.2, 0) is 10.0 Å². The summed E-state index contributed by atoms with van der Waals surface area (Å²) in [6.07, 6.45) is 0. The van der Waals surface area contributed by atoms with Crippen LogP contribution in [0.25, 0.3) is 0 Å². The Labute approximate surface area is 160 Å². The number of rotatable bonds is 6. The number of hydrogen-bond acceptors (Lipinski definition) is 6. The second kappa shape index (κ2) is 8.51. The van der Waals surface area contributed by atoms with Crippen LogP contribution in [-0.4, -0.2) is 68.9 Å². The number of likely N-dealkylation sites (N-methyl/N-ethyl adjacent to an activating group) is 1. The van der Waals surface area contributed by atoms with Crippen molar-refractivity contribution >= 4 is 21.4 Å². The number of nitrogens with zero attached hydrogens (tertiary/aromatic N) is 3. The van der Waals surface area contributed by atoms with Crippen LogP contribution in [0.4, 0.5) is 5.69 Å². The zero-order chi connectivity index (χ0) is 19.3. The minimum Gasteiger partial charge on any atom is -0.411 e. The highest BCUT2D eigenvalue weighted by Crippen LogP contribution is 2.21. The maximum atomic E-state index is 12.7. The first-order chi connectivity index (χ1) is 13.0. The third-order valence-electron chi connectivity index (χ3n) is 4.63. The van der Waals surface area contributed by atoms with Crippen LogP contribution in [0.5, 0.6) is 0 Å². The molecule has 2 N–H and O–H groups in total. The fraction of sp³-hybridized carbons (Fsp3) is 0.316. The van der Waals surface area contributed by atoms with Gasteiger partial charge in [0.15, 0.2) is 0 Å². The van der Waals surface area contributed by atoms with Crippen LogP contribution >= 0.6 is 0 Å². The average Bonchev–Trinajstić information content (AvgIpc) is 2.69. The fourth-order valence-corrected chi connectivity index (χ4v) is 4.12. The molecule has 7 nitrogen and oxygen atoms in total. The predicted molar refractivity (Wildman–Crippen MR) is 106 cm³/mol. The lowest BCUT2D eigenvalue weighted by molar-refractivity contribution is 0.169. The van der Waals surface area contributed by atoms with Crippen LogP contribution < -0.4 is 4.72 Å². The maximum Gasteiger partial charge on any atom is 0.261 e. The smallest absolute Gasteiger partial charge is 0.261 e. The molecule has 2 aromatic carbocycles. The highest BCUT2D eigenvalue weighted by atomic mass is 32.2. The van der Waals surface area contributed by atoms with E-state index in [4.69, 9.17) is 0 Å². The summed E-state index contributed by atoms with van der Waals surface area (Å²) in [7, 11) is -1.65. The zero-order valence-electron chi connectivity index (χ0n) is 15.2. The molecular weight excluding hydrogens is 364 g/mol. The number of sulfonamides is 1. The number of para-hydroxylation sites is 1. The van der Waals surface area contributed by atoms with Gasteiger partial charge in [0.1, 0.15) is 5.71 Å². The Hall–Kier alpha value is -2.42. The lowest BCUT2D eigenvalue weighted by atomic mass is 10.1. The first-order valence-electron chi connectivity index (χ1n) is 8.79. The van der Waals surface area contributed by atoms with Gasteiger partial charge >= 0.3 is 0 Å². The average molecular weight is 388 g/mol. The van der Waals surface area contributed by atoms with E-state index in [0.717, 1.165) is 26.2 Å². The topological polar surface area (TPSA) is 85.2 Å². The summed E-state index contributed by atoms with van der Waals surface area (Å²) in [5.74, 6) is 0. The number of nitrogens with one attached hydrogen (secondary N) is 1. The molecule has 1 fully saturated rings. The lowest BCUT2D eigenvalue weighted by Crippen LogP contribution is -2.46. The summed E-state index contributed by atoms with van der Waals surface area (Å²) < 4.78 is 27.9. The van der Waals surface area contributed by atoms with Gasteiger partial charge in [-0.3, -0.25) is 9.62 Å². The Bertz CT molecular complexity index is 892. The number of oxime groups is 1. The van der Waals surface area contributed by atoms with Gasteiger partial charge < -0.3 is 10.1 Å². The van der Waals surface area contributed by atoms with Crippen LogP contribution in [0.15, 0.2) is 64.6 Å². The largest absolute Gasteiger partial charge is 0.411 e. The molecule has 1 saturated heterocycles. The number of hydrogen-bond donors (Lipinski definition) is 2. The lowest BCUT2D eigenvalue weighted by Gasteiger charge is -2.32. The summed E-state index contributed by atoms with van der Waals surface area (Å²) in [5, 5.41) is 13.0. The summed E-state index contributed by atoms with van der Waals surface area (Å²) in [5.41, 5.74) is 1.40. The zero-order valence-corrected chi connectivity index (χ0v) is 16.1. The Morgan fingerprint density at radius 3 is 2.33 bits per heavy atom. The monoisotopic (exact) mass is 388 g/mol. The molecule has 0 saturated carbocycles. The minimum atomic E-state index is -3.72. The molecular formula is C19H24N4O3S. The molecule has 0 aromatic heterocycles. The number of piperazine rings is 1. The molecule has 27 heavy (non-hydrogen) atoms. The van der Waals surface area contributed by atoms with Gasteiger partial charge in [0.05, 0.1) is 10.6 Å². The summed E-state index contributed by atoms with van der Waals surface area (Å²) in [6, 6.07) is 15.2. The van der Waals surface area contributed by atoms with Crippen LogP contribution in [0.3, 0.4) is 0 Å². The van der Waals surface area contributed by atoms with Gasteiger partial charge in [-0.1, -0.05) is 41.6 Å². The minimum absolute atomic E-state index is 0.182. The molecule has 1 aliphatic heterocycles. The van der Waals surface area contributed by atoms with Crippen molar-refractivity contribution in [3.63, 3.8) is 0 Å². The molecule has 1 heterocycles. The molecule has 0 spiro atoms. The van der Waals surface area contributed by atoms with Crippen molar-refractivity contribution in [2.24, 2.45) is 5.16 Å². The molecule has 3 rings (SSSR count). The van der Waals surface area contributed by atoms with E-state index in [1.807, 2.05) is 0 Å². The summed E-state index contributed by atoms with van der Waals surface area (Å²) in [6.45, 7) is 4.08. The first kappa shape index (κ1) is 19.3. The second-order valence-corrected chi connectivity index (χ2v) is 8.27. The van der Waals surface area contributed by atoms with Gasteiger partial charge in [-0.25, -0.2) is 8.42 Å². The van der Waals surface area contributed by atoms with Crippen LogP contribution in [0.1, 0.15) is 5.56 Å². The van der Waals surface area contributed by atoms with Crippen molar-refractivity contribution in [2.45, 2.75) is 4.90 Å². The third kappa shape index (κ3) is 4.85. The summed E-state index contributed by atoms with van der Waals surface area (Å²) >= 11 is 0. The van der Waals surface area contributed by atoms with Gasteiger partial charge in [-0.2, -0.15) is 0 Å². The normalized spacial score (nSPS) is 17.0. The predicted octanol–water partition coefficient (Wildman–Crippen LogP) is 1.91. The van der Waals surface area contributed by atoms with Crippen molar-refractivity contribution in [3.05, 3.63) is 60.2 Å². The maximum absolute atomic E-state index is 12.7. The van der Waals surface area contributed by atoms with E-state index in [1.54, 1.807) is 42.5 Å². The van der Waals surface area contributed by atoms with E-state index in [9.17, 15) is 13.6 Å². The standard InChI is InChI=1S/C19H24N4O3S/c1-22-11-13-23(14-12-22)15-19(20-24)17-9-5-6-10-18(17)21-27(25,26)16-7-3-2-4-8-16/h2-10,21,24H,11-15H2,1H3. The first-order valence-corrected chi connectivity index (χ1v) is 10.3. The molecule has 0 atom stereocenters. The van der Waals surface area contributed by atoms with Crippen molar-refractivity contribution in [1.82, 2.24) is 9.80 Å². The van der Waals surface area contributed by atoms with E-state index in [-0.39, 0.29) is 4.90 Å². The van der Waals surface area contributed by atoms with Crippen molar-refractivity contribution in [3.8, 4) is 0 Å². The molecule has 0 bridgehead atoms. The van der Waals surface area contributed by atoms with Crippen LogP contribution in [0.2, 0.25) is 0 Å². The summed E-state index contributed by atoms with van der Waals surface area (Å²) in [4.78, 5) is 4.62. The van der Waals surface area contributed by atoms with Gasteiger partial charge in [-0.05, 0) is 25.2 Å². The van der Waals surface area contributed by atoms with Crippen molar-refractivity contribution in [2.75, 3.05) is 44.5 Å². The molecule has 2 aromatic rings. The highest BCUT2D eigenvalue weighted by molar-refractivity contribution is 7.92. The van der Waals surface area contributed by atoms with E-state index < -0.39 is 10.0 Å². The van der Waals surface area contributed by atoms with Gasteiger partial charge in [0.2, 0.25) is 0 Å². The van der Waals surface area contributed by atoms with Gasteiger partial charge in [-0.15, -0.1) is 0 Å². The van der Waals surface area contributed by atoms with E-state index in [2.05, 4.69) is 26.7 Å². The molecule has 0 unspecified atom stereocenters. The Morgan fingerprint density at radius 2 is 1.67 bits per heavy atom. The third-order valence-corrected chi connectivity index (χ3v) is 6.01. The molecule has 144 valence electrons. The molecule has 8 heteroatoms. The molecule has 1 aliphatic rings. The number of benzene rings is 2.